The number of para-hydroxylation sites is 1. The van der Waals surface area contributed by atoms with E-state index >= 15 is 0 Å². The van der Waals surface area contributed by atoms with Crippen LogP contribution in [0.3, 0.4) is 0 Å². The van der Waals surface area contributed by atoms with Gasteiger partial charge in [-0.05, 0) is 74.9 Å². The normalized spacial score (nSPS) is 21.0. The Labute approximate surface area is 225 Å². The van der Waals surface area contributed by atoms with Crippen molar-refractivity contribution in [1.82, 2.24) is 9.80 Å². The highest BCUT2D eigenvalue weighted by molar-refractivity contribution is 5.76. The predicted octanol–water partition coefficient (Wildman–Crippen LogP) is 4.80. The van der Waals surface area contributed by atoms with Crippen LogP contribution >= 0.6 is 0 Å². The van der Waals surface area contributed by atoms with Crippen LogP contribution in [-0.2, 0) is 11.3 Å². The summed E-state index contributed by atoms with van der Waals surface area (Å²) in [6.45, 7) is 4.49. The molecule has 4 rings (SSSR count). The van der Waals surface area contributed by atoms with Gasteiger partial charge in [-0.15, -0.1) is 0 Å². The number of rotatable bonds is 11. The quantitative estimate of drug-likeness (QED) is 0.423. The van der Waals surface area contributed by atoms with Crippen LogP contribution in [0.15, 0.2) is 42.5 Å². The number of ether oxygens (including phenoxy) is 3. The van der Waals surface area contributed by atoms with Gasteiger partial charge in [0.25, 0.3) is 0 Å². The molecule has 1 N–H and O–H groups in total. The van der Waals surface area contributed by atoms with Crippen molar-refractivity contribution in [2.24, 2.45) is 0 Å². The lowest BCUT2D eigenvalue weighted by Crippen LogP contribution is -2.37. The van der Waals surface area contributed by atoms with Crippen molar-refractivity contribution in [2.75, 3.05) is 46.5 Å². The third kappa shape index (κ3) is 8.08. The highest BCUT2D eigenvalue weighted by atomic mass is 19.1. The molecule has 1 atom stereocenters. The number of carbonyl (C=O) groups is 1. The first-order valence-corrected chi connectivity index (χ1v) is 13.9. The van der Waals surface area contributed by atoms with Crippen molar-refractivity contribution in [1.29, 1.82) is 0 Å². The van der Waals surface area contributed by atoms with Crippen LogP contribution < -0.4 is 14.2 Å². The van der Waals surface area contributed by atoms with Crippen molar-refractivity contribution in [3.8, 4) is 17.2 Å². The molecule has 0 bridgehead atoms. The number of benzene rings is 2. The van der Waals surface area contributed by atoms with E-state index < -0.39 is 11.4 Å². The lowest BCUT2D eigenvalue weighted by molar-refractivity contribution is -0.130. The van der Waals surface area contributed by atoms with Gasteiger partial charge in [-0.3, -0.25) is 9.69 Å². The van der Waals surface area contributed by atoms with E-state index in [9.17, 15) is 14.3 Å². The molecule has 0 saturated carbocycles. The molecule has 2 aromatic rings. The first-order chi connectivity index (χ1) is 18.5. The minimum atomic E-state index is -0.982. The second-order valence-electron chi connectivity index (χ2n) is 10.5. The monoisotopic (exact) mass is 528 g/mol. The molecule has 2 saturated heterocycles. The molecule has 208 valence electrons. The highest BCUT2D eigenvalue weighted by Crippen LogP contribution is 2.30. The Morgan fingerprint density at radius 3 is 2.66 bits per heavy atom. The fraction of sp³-hybridized carbons (Fsp3) is 0.567. The molecule has 2 aliphatic rings. The Bertz CT molecular complexity index is 1050. The van der Waals surface area contributed by atoms with E-state index in [1.807, 2.05) is 17.0 Å². The Morgan fingerprint density at radius 2 is 1.82 bits per heavy atom. The number of halogens is 1. The Morgan fingerprint density at radius 1 is 0.947 bits per heavy atom. The van der Waals surface area contributed by atoms with E-state index in [4.69, 9.17) is 14.2 Å². The number of carbonyl (C=O) groups excluding carboxylic acids is 1. The molecule has 0 radical (unpaired) electrons. The minimum Gasteiger partial charge on any atom is -0.493 e. The highest BCUT2D eigenvalue weighted by Gasteiger charge is 2.31. The maximum atomic E-state index is 13.9. The van der Waals surface area contributed by atoms with Gasteiger partial charge in [0, 0.05) is 32.6 Å². The van der Waals surface area contributed by atoms with Gasteiger partial charge in [-0.1, -0.05) is 24.6 Å². The number of amides is 1. The van der Waals surface area contributed by atoms with Crippen LogP contribution in [0.1, 0.15) is 56.9 Å². The molecule has 38 heavy (non-hydrogen) atoms. The van der Waals surface area contributed by atoms with Crippen LogP contribution in [0.25, 0.3) is 0 Å². The fourth-order valence-corrected chi connectivity index (χ4v) is 5.21. The Hall–Kier alpha value is -2.84. The number of aliphatic hydroxyl groups is 1. The summed E-state index contributed by atoms with van der Waals surface area (Å²) < 4.78 is 31.1. The van der Waals surface area contributed by atoms with Gasteiger partial charge < -0.3 is 24.2 Å². The van der Waals surface area contributed by atoms with Gasteiger partial charge in [0.2, 0.25) is 5.91 Å². The van der Waals surface area contributed by atoms with E-state index in [1.165, 1.54) is 6.07 Å². The van der Waals surface area contributed by atoms with Gasteiger partial charge in [0.1, 0.15) is 6.61 Å². The first kappa shape index (κ1) is 28.2. The van der Waals surface area contributed by atoms with E-state index in [0.29, 0.717) is 43.9 Å². The molecule has 0 aromatic heterocycles. The summed E-state index contributed by atoms with van der Waals surface area (Å²) >= 11 is 0. The summed E-state index contributed by atoms with van der Waals surface area (Å²) in [6.07, 6.45) is 6.65. The largest absolute Gasteiger partial charge is 0.493 e. The van der Waals surface area contributed by atoms with Crippen molar-refractivity contribution in [2.45, 2.75) is 63.5 Å². The van der Waals surface area contributed by atoms with Crippen LogP contribution in [0.4, 0.5) is 4.39 Å². The van der Waals surface area contributed by atoms with Crippen LogP contribution in [0, 0.1) is 5.82 Å². The molecule has 8 heteroatoms. The fourth-order valence-electron chi connectivity index (χ4n) is 5.21. The van der Waals surface area contributed by atoms with Crippen LogP contribution in [0.5, 0.6) is 17.2 Å². The first-order valence-electron chi connectivity index (χ1n) is 13.9. The minimum absolute atomic E-state index is 0.0769. The SMILES string of the molecule is COc1cc(CN2CCC[C@](O)(COc3ccccc3F)CC2)ccc1OCCCN1CCCCCC1=O. The maximum absolute atomic E-state index is 13.9. The second kappa shape index (κ2) is 13.8. The molecule has 0 aliphatic carbocycles. The maximum Gasteiger partial charge on any atom is 0.222 e. The zero-order valence-corrected chi connectivity index (χ0v) is 22.5. The molecule has 2 aliphatic heterocycles. The molecule has 1 amide bonds. The molecular formula is C30H41FN2O5. The average molecular weight is 529 g/mol. The summed E-state index contributed by atoms with van der Waals surface area (Å²) in [5.41, 5.74) is 0.127. The third-order valence-electron chi connectivity index (χ3n) is 7.48. The topological polar surface area (TPSA) is 71.5 Å². The van der Waals surface area contributed by atoms with Gasteiger partial charge in [0.05, 0.1) is 19.3 Å². The van der Waals surface area contributed by atoms with Crippen LogP contribution in [-0.4, -0.2) is 72.9 Å². The molecule has 2 aromatic carbocycles. The Balaban J connectivity index is 1.24. The molecular weight excluding hydrogens is 487 g/mol. The van der Waals surface area contributed by atoms with E-state index in [-0.39, 0.29) is 18.3 Å². The van der Waals surface area contributed by atoms with E-state index in [2.05, 4.69) is 11.0 Å². The van der Waals surface area contributed by atoms with Crippen LogP contribution in [0.2, 0.25) is 0 Å². The molecule has 0 unspecified atom stereocenters. The molecule has 7 nitrogen and oxygen atoms in total. The van der Waals surface area contributed by atoms with Crippen molar-refractivity contribution >= 4 is 5.91 Å². The lowest BCUT2D eigenvalue weighted by Gasteiger charge is -2.27. The number of nitrogens with zero attached hydrogens (tertiary/aromatic N) is 2. The summed E-state index contributed by atoms with van der Waals surface area (Å²) in [5, 5.41) is 11.1. The number of likely N-dealkylation sites (tertiary alicyclic amines) is 2. The standard InChI is InChI=1S/C30H41FN2O5/c1-36-28-21-24(12-13-27(28)37-20-8-18-33-17-6-2-3-11-29(33)34)22-32-16-7-14-30(35,15-19-32)23-38-26-10-5-4-9-25(26)31/h4-5,9-10,12-13,21,35H,2-3,6-8,11,14-20,22-23H2,1H3/t30-/m1/s1. The van der Waals surface area contributed by atoms with E-state index in [1.54, 1.807) is 25.3 Å². The van der Waals surface area contributed by atoms with Crippen molar-refractivity contribution < 1.29 is 28.5 Å². The summed E-state index contributed by atoms with van der Waals surface area (Å²) in [7, 11) is 1.64. The summed E-state index contributed by atoms with van der Waals surface area (Å²) in [6, 6.07) is 12.3. The van der Waals surface area contributed by atoms with Crippen molar-refractivity contribution in [3.63, 3.8) is 0 Å². The summed E-state index contributed by atoms with van der Waals surface area (Å²) in [4.78, 5) is 16.4. The second-order valence-corrected chi connectivity index (χ2v) is 10.5. The van der Waals surface area contributed by atoms with Gasteiger partial charge in [-0.25, -0.2) is 4.39 Å². The molecule has 2 fully saturated rings. The Kier molecular flexibility index (Phi) is 10.2. The molecule has 0 spiro atoms. The summed E-state index contributed by atoms with van der Waals surface area (Å²) in [5.74, 6) is 1.41. The lowest BCUT2D eigenvalue weighted by atomic mass is 9.96. The average Bonchev–Trinajstić information content (AvgIpc) is 3.24. The van der Waals surface area contributed by atoms with Gasteiger partial charge in [-0.2, -0.15) is 0 Å². The third-order valence-corrected chi connectivity index (χ3v) is 7.48. The van der Waals surface area contributed by atoms with Gasteiger partial charge in [0.15, 0.2) is 23.1 Å². The predicted molar refractivity (Wildman–Crippen MR) is 144 cm³/mol. The molecule has 2 heterocycles. The smallest absolute Gasteiger partial charge is 0.222 e. The number of hydrogen-bond donors (Lipinski definition) is 1. The number of methoxy groups -OCH3 is 1. The number of hydrogen-bond acceptors (Lipinski definition) is 6. The zero-order valence-electron chi connectivity index (χ0n) is 22.5. The zero-order chi connectivity index (χ0) is 26.8. The van der Waals surface area contributed by atoms with Gasteiger partial charge >= 0.3 is 0 Å². The van der Waals surface area contributed by atoms with Crippen molar-refractivity contribution in [3.05, 3.63) is 53.8 Å². The van der Waals surface area contributed by atoms with E-state index in [0.717, 1.165) is 63.8 Å².